The number of thiazole rings is 1. The number of fused-ring (bicyclic) bond motifs is 1. The van der Waals surface area contributed by atoms with Crippen LogP contribution < -0.4 is 4.74 Å². The Bertz CT molecular complexity index is 1250. The summed E-state index contributed by atoms with van der Waals surface area (Å²) in [7, 11) is -3.58. The van der Waals surface area contributed by atoms with Crippen molar-refractivity contribution in [3.63, 3.8) is 0 Å². The molecule has 0 saturated carbocycles. The van der Waals surface area contributed by atoms with Crippen molar-refractivity contribution in [2.24, 2.45) is 0 Å². The number of nitrogens with zero attached hydrogens (tertiary/aromatic N) is 2. The monoisotopic (exact) mass is 498 g/mol. The van der Waals surface area contributed by atoms with Gasteiger partial charge in [-0.3, -0.25) is 4.79 Å². The Labute approximate surface area is 192 Å². The Balaban J connectivity index is 1.24. The molecule has 176 valence electrons. The van der Waals surface area contributed by atoms with Crippen LogP contribution >= 0.6 is 11.3 Å². The topological polar surface area (TPSA) is 76.6 Å². The third-order valence-electron chi connectivity index (χ3n) is 5.43. The number of likely N-dealkylation sites (tertiary alicyclic amines) is 1. The molecule has 0 radical (unpaired) electrons. The maximum absolute atomic E-state index is 13.8. The van der Waals surface area contributed by atoms with E-state index in [1.165, 1.54) is 18.2 Å². The first-order chi connectivity index (χ1) is 15.7. The van der Waals surface area contributed by atoms with E-state index in [9.17, 15) is 26.4 Å². The Morgan fingerprint density at radius 2 is 1.79 bits per heavy atom. The second kappa shape index (κ2) is 9.68. The van der Waals surface area contributed by atoms with Gasteiger partial charge in [-0.2, -0.15) is 4.98 Å². The number of rotatable bonds is 7. The van der Waals surface area contributed by atoms with Gasteiger partial charge >= 0.3 is 0 Å². The number of carbonyl (C=O) groups excluding carboxylic acids is 1. The van der Waals surface area contributed by atoms with Gasteiger partial charge in [-0.1, -0.05) is 11.3 Å². The van der Waals surface area contributed by atoms with Crippen LogP contribution in [0.4, 0.5) is 13.2 Å². The van der Waals surface area contributed by atoms with E-state index in [4.69, 9.17) is 4.74 Å². The number of amides is 1. The van der Waals surface area contributed by atoms with Crippen molar-refractivity contribution >= 4 is 37.3 Å². The highest BCUT2D eigenvalue weighted by Gasteiger charge is 2.25. The fourth-order valence-electron chi connectivity index (χ4n) is 3.68. The summed E-state index contributed by atoms with van der Waals surface area (Å²) in [4.78, 5) is 18.3. The van der Waals surface area contributed by atoms with E-state index in [-0.39, 0.29) is 46.2 Å². The van der Waals surface area contributed by atoms with Crippen LogP contribution in [0.1, 0.15) is 25.7 Å². The number of sulfone groups is 1. The molecule has 0 N–H and O–H groups in total. The van der Waals surface area contributed by atoms with E-state index < -0.39 is 27.3 Å². The number of aromatic nitrogens is 1. The van der Waals surface area contributed by atoms with E-state index in [1.807, 2.05) is 0 Å². The van der Waals surface area contributed by atoms with Crippen LogP contribution in [0.3, 0.4) is 0 Å². The summed E-state index contributed by atoms with van der Waals surface area (Å²) in [5.41, 5.74) is 0.0691. The number of ether oxygens (including phenoxy) is 1. The van der Waals surface area contributed by atoms with E-state index in [0.29, 0.717) is 30.6 Å². The van der Waals surface area contributed by atoms with Crippen molar-refractivity contribution in [3.8, 4) is 5.19 Å². The van der Waals surface area contributed by atoms with Gasteiger partial charge < -0.3 is 9.64 Å². The molecule has 1 aliphatic heterocycles. The Kier molecular flexibility index (Phi) is 6.89. The quantitative estimate of drug-likeness (QED) is 0.453. The van der Waals surface area contributed by atoms with E-state index >= 15 is 0 Å². The van der Waals surface area contributed by atoms with Gasteiger partial charge in [-0.05, 0) is 36.8 Å². The second-order valence-corrected chi connectivity index (χ2v) is 10.9. The molecule has 3 aromatic rings. The molecule has 1 fully saturated rings. The smallest absolute Gasteiger partial charge is 0.274 e. The largest absolute Gasteiger partial charge is 0.467 e. The predicted molar refractivity (Wildman–Crippen MR) is 117 cm³/mol. The van der Waals surface area contributed by atoms with E-state index in [0.717, 1.165) is 29.5 Å². The molecule has 2 aromatic carbocycles. The van der Waals surface area contributed by atoms with Crippen molar-refractivity contribution in [3.05, 3.63) is 53.8 Å². The second-order valence-electron chi connectivity index (χ2n) is 7.79. The molecule has 4 rings (SSSR count). The average molecular weight is 499 g/mol. The summed E-state index contributed by atoms with van der Waals surface area (Å²) >= 11 is 1.07. The Hall–Kier alpha value is -2.66. The molecule has 0 spiro atoms. The van der Waals surface area contributed by atoms with Crippen LogP contribution in [0.15, 0.2) is 41.3 Å². The lowest BCUT2D eigenvalue weighted by molar-refractivity contribution is -0.133. The van der Waals surface area contributed by atoms with Gasteiger partial charge in [0.15, 0.2) is 15.7 Å². The normalized spacial score (nSPS) is 15.2. The molecule has 0 aliphatic carbocycles. The lowest BCUT2D eigenvalue weighted by Crippen LogP contribution is -2.41. The van der Waals surface area contributed by atoms with Crippen LogP contribution in [-0.4, -0.2) is 49.2 Å². The first kappa shape index (κ1) is 23.5. The molecule has 1 amide bonds. The number of hydrogen-bond acceptors (Lipinski definition) is 6. The summed E-state index contributed by atoms with van der Waals surface area (Å²) in [5.74, 6) is -2.26. The molecule has 0 bridgehead atoms. The SMILES string of the molecule is O=C(CCCS(=O)(=O)c1ccc(F)cc1)N1CCC(Oc2nc3c(F)cc(F)cc3s2)CC1. The van der Waals surface area contributed by atoms with Crippen molar-refractivity contribution in [2.75, 3.05) is 18.8 Å². The molecule has 0 unspecified atom stereocenters. The molecule has 1 saturated heterocycles. The number of hydrogen-bond donors (Lipinski definition) is 0. The summed E-state index contributed by atoms with van der Waals surface area (Å²) in [6, 6.07) is 6.60. The van der Waals surface area contributed by atoms with Gasteiger partial charge in [-0.15, -0.1) is 0 Å². The van der Waals surface area contributed by atoms with Crippen LogP contribution in [-0.2, 0) is 14.6 Å². The standard InChI is InChI=1S/C22H21F3N2O4S2/c23-14-3-5-17(6-4-14)33(29,30)11-1-2-20(28)27-9-7-16(8-10-27)31-22-26-21-18(25)12-15(24)13-19(21)32-22/h3-6,12-13,16H,1-2,7-11H2. The highest BCUT2D eigenvalue weighted by Crippen LogP contribution is 2.32. The maximum atomic E-state index is 13.8. The van der Waals surface area contributed by atoms with Crippen molar-refractivity contribution in [1.29, 1.82) is 0 Å². The molecular formula is C22H21F3N2O4S2. The third kappa shape index (κ3) is 5.64. The van der Waals surface area contributed by atoms with E-state index in [1.54, 1.807) is 4.90 Å². The molecule has 0 atom stereocenters. The van der Waals surface area contributed by atoms with Gasteiger partial charge in [-0.25, -0.2) is 21.6 Å². The molecule has 1 aromatic heterocycles. The highest BCUT2D eigenvalue weighted by molar-refractivity contribution is 7.91. The number of carbonyl (C=O) groups is 1. The van der Waals surface area contributed by atoms with Gasteiger partial charge in [0.1, 0.15) is 23.3 Å². The van der Waals surface area contributed by atoms with Crippen LogP contribution in [0, 0.1) is 17.5 Å². The zero-order valence-electron chi connectivity index (χ0n) is 17.5. The van der Waals surface area contributed by atoms with Crippen molar-refractivity contribution in [1.82, 2.24) is 9.88 Å². The first-order valence-corrected chi connectivity index (χ1v) is 12.9. The average Bonchev–Trinajstić information content (AvgIpc) is 3.17. The van der Waals surface area contributed by atoms with E-state index in [2.05, 4.69) is 4.98 Å². The van der Waals surface area contributed by atoms with Gasteiger partial charge in [0, 0.05) is 38.4 Å². The van der Waals surface area contributed by atoms with Crippen molar-refractivity contribution < 1.29 is 31.1 Å². The zero-order chi connectivity index (χ0) is 23.6. The fraction of sp³-hybridized carbons (Fsp3) is 0.364. The fourth-order valence-corrected chi connectivity index (χ4v) is 5.92. The molecule has 1 aliphatic rings. The van der Waals surface area contributed by atoms with Crippen LogP contribution in [0.25, 0.3) is 10.2 Å². The Morgan fingerprint density at radius 3 is 2.48 bits per heavy atom. The van der Waals surface area contributed by atoms with Crippen LogP contribution in [0.5, 0.6) is 5.19 Å². The first-order valence-electron chi connectivity index (χ1n) is 10.4. The number of benzene rings is 2. The summed E-state index contributed by atoms with van der Waals surface area (Å²) < 4.78 is 71.0. The minimum atomic E-state index is -3.58. The molecule has 6 nitrogen and oxygen atoms in total. The summed E-state index contributed by atoms with van der Waals surface area (Å²) in [5, 5.41) is 0.255. The molecule has 2 heterocycles. The molecule has 33 heavy (non-hydrogen) atoms. The number of piperidine rings is 1. The molecule has 11 heteroatoms. The minimum absolute atomic E-state index is 0.0341. The summed E-state index contributed by atoms with van der Waals surface area (Å²) in [6.07, 6.45) is 1.15. The highest BCUT2D eigenvalue weighted by atomic mass is 32.2. The lowest BCUT2D eigenvalue weighted by atomic mass is 10.1. The molecular weight excluding hydrogens is 477 g/mol. The third-order valence-corrected chi connectivity index (χ3v) is 8.14. The Morgan fingerprint density at radius 1 is 1.09 bits per heavy atom. The predicted octanol–water partition coefficient (Wildman–Crippen LogP) is 4.34. The van der Waals surface area contributed by atoms with Crippen LogP contribution in [0.2, 0.25) is 0 Å². The van der Waals surface area contributed by atoms with Crippen molar-refractivity contribution in [2.45, 2.75) is 36.7 Å². The number of halogens is 3. The lowest BCUT2D eigenvalue weighted by Gasteiger charge is -2.31. The van der Waals surface area contributed by atoms with Gasteiger partial charge in [0.05, 0.1) is 15.3 Å². The zero-order valence-corrected chi connectivity index (χ0v) is 19.1. The minimum Gasteiger partial charge on any atom is -0.467 e. The maximum Gasteiger partial charge on any atom is 0.274 e. The summed E-state index contributed by atoms with van der Waals surface area (Å²) in [6.45, 7) is 0.893. The van der Waals surface area contributed by atoms with Gasteiger partial charge in [0.25, 0.3) is 5.19 Å². The van der Waals surface area contributed by atoms with Gasteiger partial charge in [0.2, 0.25) is 5.91 Å².